The summed E-state index contributed by atoms with van der Waals surface area (Å²) in [6, 6.07) is 10.3. The number of imidazole rings is 1. The fraction of sp³-hybridized carbons (Fsp3) is 0.143. The van der Waals surface area contributed by atoms with Crippen LogP contribution in [0.2, 0.25) is 0 Å². The first kappa shape index (κ1) is 10.6. The number of nitriles is 1. The monoisotopic (exact) mass is 236 g/mol. The lowest BCUT2D eigenvalue weighted by atomic mass is 10.1. The molecule has 0 bridgehead atoms. The van der Waals surface area contributed by atoms with Crippen molar-refractivity contribution in [2.24, 2.45) is 7.05 Å². The van der Waals surface area contributed by atoms with Gasteiger partial charge in [0, 0.05) is 29.7 Å². The highest BCUT2D eigenvalue weighted by Gasteiger charge is 2.15. The minimum atomic E-state index is 0.607. The molecule has 0 fully saturated rings. The molecule has 1 aromatic carbocycles. The second-order valence-corrected chi connectivity index (χ2v) is 4.29. The summed E-state index contributed by atoms with van der Waals surface area (Å²) in [6.07, 6.45) is 1.94. The number of para-hydroxylation sites is 1. The second-order valence-electron chi connectivity index (χ2n) is 4.29. The summed E-state index contributed by atoms with van der Waals surface area (Å²) in [5.41, 5.74) is 3.47. The molecule has 4 heteroatoms. The van der Waals surface area contributed by atoms with E-state index in [2.05, 4.69) is 22.1 Å². The molecule has 2 aromatic heterocycles. The normalized spacial score (nSPS) is 10.7. The molecule has 0 aliphatic carbocycles. The van der Waals surface area contributed by atoms with Crippen molar-refractivity contribution in [2.75, 3.05) is 0 Å². The number of aryl methyl sites for hydroxylation is 1. The number of H-pyrrole nitrogens is 1. The lowest BCUT2D eigenvalue weighted by Crippen LogP contribution is -1.95. The molecule has 2 heterocycles. The number of nitrogens with zero attached hydrogens (tertiary/aromatic N) is 3. The topological polar surface area (TPSA) is 57.4 Å². The predicted octanol–water partition coefficient (Wildman–Crippen LogP) is 2.75. The van der Waals surface area contributed by atoms with Crippen LogP contribution in [0.25, 0.3) is 22.3 Å². The molecule has 88 valence electrons. The summed E-state index contributed by atoms with van der Waals surface area (Å²) in [5, 5.41) is 10.2. The number of hydrogen-bond acceptors (Lipinski definition) is 2. The summed E-state index contributed by atoms with van der Waals surface area (Å²) in [6.45, 7) is 1.86. The largest absolute Gasteiger partial charge is 0.360 e. The third kappa shape index (κ3) is 1.34. The van der Waals surface area contributed by atoms with Crippen LogP contribution in [0.4, 0.5) is 0 Å². The summed E-state index contributed by atoms with van der Waals surface area (Å²) in [5.74, 6) is 0.821. The molecule has 0 unspecified atom stereocenters. The van der Waals surface area contributed by atoms with Crippen molar-refractivity contribution in [1.82, 2.24) is 14.5 Å². The van der Waals surface area contributed by atoms with Crippen molar-refractivity contribution >= 4 is 10.9 Å². The van der Waals surface area contributed by atoms with Crippen LogP contribution in [0.5, 0.6) is 0 Å². The Morgan fingerprint density at radius 3 is 2.83 bits per heavy atom. The average molecular weight is 236 g/mol. The molecule has 0 aliphatic heterocycles. The Morgan fingerprint density at radius 2 is 2.11 bits per heavy atom. The molecular formula is C14H12N4. The molecule has 0 saturated heterocycles. The number of aromatic amines is 1. The van der Waals surface area contributed by atoms with E-state index in [4.69, 9.17) is 5.26 Å². The first-order valence-electron chi connectivity index (χ1n) is 5.72. The number of hydrogen-bond donors (Lipinski definition) is 1. The van der Waals surface area contributed by atoms with Gasteiger partial charge < -0.3 is 9.55 Å². The maximum Gasteiger partial charge on any atom is 0.143 e. The Morgan fingerprint density at radius 1 is 1.33 bits per heavy atom. The van der Waals surface area contributed by atoms with E-state index < -0.39 is 0 Å². The van der Waals surface area contributed by atoms with E-state index in [1.807, 2.05) is 42.9 Å². The first-order chi connectivity index (χ1) is 8.72. The third-order valence-corrected chi connectivity index (χ3v) is 3.21. The van der Waals surface area contributed by atoms with Gasteiger partial charge in [-0.3, -0.25) is 0 Å². The van der Waals surface area contributed by atoms with Crippen LogP contribution in [0.1, 0.15) is 11.4 Å². The van der Waals surface area contributed by atoms with Gasteiger partial charge in [0.2, 0.25) is 0 Å². The molecular weight excluding hydrogens is 224 g/mol. The molecule has 0 spiro atoms. The van der Waals surface area contributed by atoms with Crippen molar-refractivity contribution in [1.29, 1.82) is 5.26 Å². The van der Waals surface area contributed by atoms with Crippen LogP contribution in [0, 0.1) is 18.3 Å². The molecule has 1 N–H and O–H groups in total. The van der Waals surface area contributed by atoms with Crippen LogP contribution in [0.15, 0.2) is 30.5 Å². The zero-order valence-corrected chi connectivity index (χ0v) is 10.2. The highest BCUT2D eigenvalue weighted by molar-refractivity contribution is 5.93. The van der Waals surface area contributed by atoms with Gasteiger partial charge in [-0.15, -0.1) is 0 Å². The van der Waals surface area contributed by atoms with Gasteiger partial charge in [0.1, 0.15) is 17.6 Å². The Balaban J connectivity index is 2.31. The van der Waals surface area contributed by atoms with Gasteiger partial charge in [0.05, 0.1) is 5.69 Å². The fourth-order valence-corrected chi connectivity index (χ4v) is 2.29. The molecule has 3 rings (SSSR count). The Labute approximate surface area is 105 Å². The van der Waals surface area contributed by atoms with E-state index in [1.54, 1.807) is 0 Å². The highest BCUT2D eigenvalue weighted by Crippen LogP contribution is 2.28. The van der Waals surface area contributed by atoms with E-state index in [9.17, 15) is 0 Å². The summed E-state index contributed by atoms with van der Waals surface area (Å²) < 4.78 is 1.84. The lowest BCUT2D eigenvalue weighted by Gasteiger charge is -2.00. The molecule has 0 radical (unpaired) electrons. The van der Waals surface area contributed by atoms with E-state index in [0.717, 1.165) is 28.0 Å². The van der Waals surface area contributed by atoms with Crippen molar-refractivity contribution in [3.05, 3.63) is 41.9 Å². The molecule has 0 atom stereocenters. The fourth-order valence-electron chi connectivity index (χ4n) is 2.29. The maximum absolute atomic E-state index is 9.10. The summed E-state index contributed by atoms with van der Waals surface area (Å²) in [4.78, 5) is 7.72. The Kier molecular flexibility index (Phi) is 2.20. The standard InChI is InChI=1S/C14H12N4/c1-9-13(7-15)18(2)14(17-9)11-8-16-12-6-4-3-5-10(11)12/h3-6,8,16H,1-2H3. The van der Waals surface area contributed by atoms with Gasteiger partial charge in [-0.25, -0.2) is 4.98 Å². The van der Waals surface area contributed by atoms with Gasteiger partial charge in [0.15, 0.2) is 0 Å². The predicted molar refractivity (Wildman–Crippen MR) is 70.0 cm³/mol. The van der Waals surface area contributed by atoms with Crippen LogP contribution >= 0.6 is 0 Å². The van der Waals surface area contributed by atoms with Crippen LogP contribution < -0.4 is 0 Å². The molecule has 0 aliphatic rings. The van der Waals surface area contributed by atoms with Crippen LogP contribution in [0.3, 0.4) is 0 Å². The van der Waals surface area contributed by atoms with Gasteiger partial charge in [0.25, 0.3) is 0 Å². The van der Waals surface area contributed by atoms with E-state index in [0.29, 0.717) is 5.69 Å². The summed E-state index contributed by atoms with van der Waals surface area (Å²) >= 11 is 0. The Bertz CT molecular complexity index is 771. The van der Waals surface area contributed by atoms with Crippen LogP contribution in [-0.4, -0.2) is 14.5 Å². The van der Waals surface area contributed by atoms with E-state index in [-0.39, 0.29) is 0 Å². The van der Waals surface area contributed by atoms with E-state index >= 15 is 0 Å². The molecule has 0 saturated carbocycles. The minimum Gasteiger partial charge on any atom is -0.360 e. The number of fused-ring (bicyclic) bond motifs is 1. The number of rotatable bonds is 1. The smallest absolute Gasteiger partial charge is 0.143 e. The number of aromatic nitrogens is 3. The minimum absolute atomic E-state index is 0.607. The lowest BCUT2D eigenvalue weighted by molar-refractivity contribution is 0.907. The van der Waals surface area contributed by atoms with Crippen molar-refractivity contribution in [2.45, 2.75) is 6.92 Å². The van der Waals surface area contributed by atoms with Crippen molar-refractivity contribution < 1.29 is 0 Å². The number of benzene rings is 1. The SMILES string of the molecule is Cc1nc(-c2c[nH]c3ccccc23)n(C)c1C#N. The zero-order valence-electron chi connectivity index (χ0n) is 10.2. The zero-order chi connectivity index (χ0) is 12.7. The van der Waals surface area contributed by atoms with Gasteiger partial charge in [-0.1, -0.05) is 18.2 Å². The highest BCUT2D eigenvalue weighted by atomic mass is 15.1. The number of nitrogens with one attached hydrogen (secondary N) is 1. The first-order valence-corrected chi connectivity index (χ1v) is 5.72. The van der Waals surface area contributed by atoms with Crippen molar-refractivity contribution in [3.63, 3.8) is 0 Å². The quantitative estimate of drug-likeness (QED) is 0.706. The second kappa shape index (κ2) is 3.74. The van der Waals surface area contributed by atoms with E-state index in [1.165, 1.54) is 0 Å². The van der Waals surface area contributed by atoms with Gasteiger partial charge >= 0.3 is 0 Å². The third-order valence-electron chi connectivity index (χ3n) is 3.21. The molecule has 4 nitrogen and oxygen atoms in total. The van der Waals surface area contributed by atoms with Gasteiger partial charge in [-0.2, -0.15) is 5.26 Å². The molecule has 18 heavy (non-hydrogen) atoms. The summed E-state index contributed by atoms with van der Waals surface area (Å²) in [7, 11) is 1.87. The average Bonchev–Trinajstić information content (AvgIpc) is 2.91. The van der Waals surface area contributed by atoms with Crippen molar-refractivity contribution in [3.8, 4) is 17.5 Å². The van der Waals surface area contributed by atoms with Crippen LogP contribution in [-0.2, 0) is 7.05 Å². The molecule has 3 aromatic rings. The van der Waals surface area contributed by atoms with Gasteiger partial charge in [-0.05, 0) is 13.0 Å². The Hall–Kier alpha value is -2.54. The molecule has 0 amide bonds. The maximum atomic E-state index is 9.10.